The van der Waals surface area contributed by atoms with E-state index in [2.05, 4.69) is 18.7 Å². The van der Waals surface area contributed by atoms with Crippen molar-refractivity contribution in [3.05, 3.63) is 65.1 Å². The van der Waals surface area contributed by atoms with E-state index in [9.17, 15) is 14.7 Å². The van der Waals surface area contributed by atoms with Crippen LogP contribution in [0.4, 0.5) is 0 Å². The SMILES string of the molecule is CCN(CC)CCN1C(=O)C(=O)/C(=C(\O)c2ccc(C)cc2)C1c1ccco1. The summed E-state index contributed by atoms with van der Waals surface area (Å²) in [7, 11) is 0. The van der Waals surface area contributed by atoms with Crippen molar-refractivity contribution in [1.82, 2.24) is 9.80 Å². The van der Waals surface area contributed by atoms with Gasteiger partial charge in [-0.2, -0.15) is 0 Å². The maximum Gasteiger partial charge on any atom is 0.295 e. The zero-order valence-electron chi connectivity index (χ0n) is 16.5. The number of benzene rings is 1. The van der Waals surface area contributed by atoms with Gasteiger partial charge in [0.05, 0.1) is 11.8 Å². The van der Waals surface area contributed by atoms with Gasteiger partial charge in [-0.1, -0.05) is 43.7 Å². The molecule has 2 aromatic rings. The number of hydrogen-bond acceptors (Lipinski definition) is 5. The Labute approximate surface area is 165 Å². The van der Waals surface area contributed by atoms with Crippen LogP contribution < -0.4 is 0 Å². The number of aliphatic hydroxyl groups is 1. The van der Waals surface area contributed by atoms with Crippen LogP contribution in [0.2, 0.25) is 0 Å². The van der Waals surface area contributed by atoms with E-state index in [1.165, 1.54) is 11.2 Å². The quantitative estimate of drug-likeness (QED) is 0.452. The van der Waals surface area contributed by atoms with Crippen molar-refractivity contribution in [3.8, 4) is 0 Å². The fraction of sp³-hybridized carbons (Fsp3) is 0.364. The van der Waals surface area contributed by atoms with Gasteiger partial charge in [-0.3, -0.25) is 9.59 Å². The zero-order chi connectivity index (χ0) is 20.3. The lowest BCUT2D eigenvalue weighted by Crippen LogP contribution is -2.37. The number of amides is 1. The first-order valence-electron chi connectivity index (χ1n) is 9.59. The van der Waals surface area contributed by atoms with Crippen LogP contribution in [0.3, 0.4) is 0 Å². The zero-order valence-corrected chi connectivity index (χ0v) is 16.5. The molecule has 0 aliphatic carbocycles. The summed E-state index contributed by atoms with van der Waals surface area (Å²) >= 11 is 0. The molecule has 1 N–H and O–H groups in total. The second-order valence-corrected chi connectivity index (χ2v) is 6.90. The van der Waals surface area contributed by atoms with Crippen LogP contribution in [0.15, 0.2) is 52.7 Å². The van der Waals surface area contributed by atoms with Crippen molar-refractivity contribution in [2.24, 2.45) is 0 Å². The average molecular weight is 382 g/mol. The van der Waals surface area contributed by atoms with E-state index in [0.29, 0.717) is 24.4 Å². The van der Waals surface area contributed by atoms with Gasteiger partial charge in [-0.25, -0.2) is 0 Å². The largest absolute Gasteiger partial charge is 0.507 e. The number of aryl methyl sites for hydroxylation is 1. The summed E-state index contributed by atoms with van der Waals surface area (Å²) < 4.78 is 5.53. The molecule has 1 aliphatic rings. The Morgan fingerprint density at radius 1 is 1.14 bits per heavy atom. The van der Waals surface area contributed by atoms with Gasteiger partial charge in [0.25, 0.3) is 11.7 Å². The van der Waals surface area contributed by atoms with Crippen LogP contribution in [0.25, 0.3) is 5.76 Å². The van der Waals surface area contributed by atoms with Crippen LogP contribution in [0.5, 0.6) is 0 Å². The molecule has 1 fully saturated rings. The monoisotopic (exact) mass is 382 g/mol. The summed E-state index contributed by atoms with van der Waals surface area (Å²) in [4.78, 5) is 29.3. The van der Waals surface area contributed by atoms with Crippen molar-refractivity contribution < 1.29 is 19.1 Å². The summed E-state index contributed by atoms with van der Waals surface area (Å²) in [5, 5.41) is 10.9. The minimum absolute atomic E-state index is 0.0725. The molecule has 1 aromatic carbocycles. The van der Waals surface area contributed by atoms with Gasteiger partial charge in [-0.15, -0.1) is 0 Å². The van der Waals surface area contributed by atoms with Crippen molar-refractivity contribution in [2.75, 3.05) is 26.2 Å². The number of Topliss-reactive ketones (excluding diaryl/α,β-unsaturated/α-hetero) is 1. The first kappa shape index (κ1) is 19.9. The fourth-order valence-electron chi connectivity index (χ4n) is 3.51. The van der Waals surface area contributed by atoms with Crippen LogP contribution >= 0.6 is 0 Å². The van der Waals surface area contributed by atoms with Gasteiger partial charge in [0.15, 0.2) is 0 Å². The van der Waals surface area contributed by atoms with Gasteiger partial charge in [0.2, 0.25) is 0 Å². The van der Waals surface area contributed by atoms with Gasteiger partial charge < -0.3 is 19.3 Å². The van der Waals surface area contributed by atoms with E-state index in [0.717, 1.165) is 18.7 Å². The highest BCUT2D eigenvalue weighted by Gasteiger charge is 2.47. The average Bonchev–Trinajstić information content (AvgIpc) is 3.31. The molecule has 0 radical (unpaired) electrons. The topological polar surface area (TPSA) is 74.0 Å². The summed E-state index contributed by atoms with van der Waals surface area (Å²) in [6.07, 6.45) is 1.51. The Hall–Kier alpha value is -2.86. The molecule has 1 aromatic heterocycles. The third-order valence-corrected chi connectivity index (χ3v) is 5.23. The fourth-order valence-corrected chi connectivity index (χ4v) is 3.51. The molecule has 1 aliphatic heterocycles. The third-order valence-electron chi connectivity index (χ3n) is 5.23. The second kappa shape index (κ2) is 8.44. The molecule has 2 heterocycles. The highest BCUT2D eigenvalue weighted by molar-refractivity contribution is 6.46. The van der Waals surface area contributed by atoms with E-state index >= 15 is 0 Å². The van der Waals surface area contributed by atoms with Crippen LogP contribution in [0, 0.1) is 6.92 Å². The Morgan fingerprint density at radius 2 is 1.82 bits per heavy atom. The van der Waals surface area contributed by atoms with Gasteiger partial charge in [-0.05, 0) is 32.1 Å². The number of rotatable bonds is 7. The number of likely N-dealkylation sites (tertiary alicyclic amines) is 1. The maximum atomic E-state index is 12.8. The van der Waals surface area contributed by atoms with Crippen molar-refractivity contribution in [1.29, 1.82) is 0 Å². The molecule has 28 heavy (non-hydrogen) atoms. The number of furan rings is 1. The third kappa shape index (κ3) is 3.73. The molecule has 3 rings (SSSR count). The normalized spacial score (nSPS) is 19.0. The van der Waals surface area contributed by atoms with Crippen molar-refractivity contribution in [2.45, 2.75) is 26.8 Å². The number of aliphatic hydroxyl groups excluding tert-OH is 1. The number of carbonyl (C=O) groups excluding carboxylic acids is 2. The Bertz CT molecular complexity index is 864. The molecule has 6 nitrogen and oxygen atoms in total. The highest BCUT2D eigenvalue weighted by Crippen LogP contribution is 2.39. The molecular weight excluding hydrogens is 356 g/mol. The Morgan fingerprint density at radius 3 is 2.39 bits per heavy atom. The number of ketones is 1. The minimum atomic E-state index is -0.730. The van der Waals surface area contributed by atoms with Gasteiger partial charge in [0, 0.05) is 18.7 Å². The summed E-state index contributed by atoms with van der Waals surface area (Å²) in [6.45, 7) is 8.78. The molecule has 6 heteroatoms. The van der Waals surface area contributed by atoms with Crippen LogP contribution in [-0.4, -0.2) is 52.8 Å². The lowest BCUT2D eigenvalue weighted by Gasteiger charge is -2.26. The lowest BCUT2D eigenvalue weighted by molar-refractivity contribution is -0.140. The van der Waals surface area contributed by atoms with E-state index in [1.54, 1.807) is 24.3 Å². The smallest absolute Gasteiger partial charge is 0.295 e. The summed E-state index contributed by atoms with van der Waals surface area (Å²) in [6, 6.07) is 9.91. The molecule has 1 atom stereocenters. The molecule has 0 saturated carbocycles. The number of nitrogens with zero attached hydrogens (tertiary/aromatic N) is 2. The predicted molar refractivity (Wildman–Crippen MR) is 107 cm³/mol. The molecule has 1 unspecified atom stereocenters. The van der Waals surface area contributed by atoms with Gasteiger partial charge >= 0.3 is 0 Å². The van der Waals surface area contributed by atoms with Crippen molar-refractivity contribution >= 4 is 17.4 Å². The Kier molecular flexibility index (Phi) is 5.99. The maximum absolute atomic E-state index is 12.8. The number of carbonyl (C=O) groups is 2. The molecule has 0 spiro atoms. The first-order valence-corrected chi connectivity index (χ1v) is 9.59. The Balaban J connectivity index is 2.03. The van der Waals surface area contributed by atoms with E-state index in [4.69, 9.17) is 4.42 Å². The molecule has 1 saturated heterocycles. The van der Waals surface area contributed by atoms with Crippen LogP contribution in [-0.2, 0) is 9.59 Å². The summed E-state index contributed by atoms with van der Waals surface area (Å²) in [5.41, 5.74) is 1.62. The van der Waals surface area contributed by atoms with E-state index in [1.807, 2.05) is 19.1 Å². The van der Waals surface area contributed by atoms with E-state index < -0.39 is 17.7 Å². The lowest BCUT2D eigenvalue weighted by atomic mass is 9.99. The number of hydrogen-bond donors (Lipinski definition) is 1. The molecule has 1 amide bonds. The molecular formula is C22H26N2O4. The summed E-state index contributed by atoms with van der Waals surface area (Å²) in [5.74, 6) is -1.00. The highest BCUT2D eigenvalue weighted by atomic mass is 16.3. The second-order valence-electron chi connectivity index (χ2n) is 6.90. The van der Waals surface area contributed by atoms with Crippen molar-refractivity contribution in [3.63, 3.8) is 0 Å². The van der Waals surface area contributed by atoms with E-state index in [-0.39, 0.29) is 11.3 Å². The molecule has 148 valence electrons. The van der Waals surface area contributed by atoms with Crippen LogP contribution in [0.1, 0.15) is 36.8 Å². The molecule has 0 bridgehead atoms. The standard InChI is InChI=1S/C22H26N2O4/c1-4-23(5-2)12-13-24-19(17-7-6-14-28-17)18(21(26)22(24)27)20(25)16-10-8-15(3)9-11-16/h6-11,14,19,25H,4-5,12-13H2,1-3H3/b20-18-. The predicted octanol–water partition coefficient (Wildman–Crippen LogP) is 3.35. The minimum Gasteiger partial charge on any atom is -0.507 e. The van der Waals surface area contributed by atoms with Gasteiger partial charge in [0.1, 0.15) is 17.6 Å². The number of likely N-dealkylation sites (N-methyl/N-ethyl adjacent to an activating group) is 1. The first-order chi connectivity index (χ1) is 13.5.